The van der Waals surface area contributed by atoms with Crippen LogP contribution in [-0.2, 0) is 0 Å². The molecule has 2 aliphatic carbocycles. The first kappa shape index (κ1) is 11.5. The summed E-state index contributed by atoms with van der Waals surface area (Å²) in [5.41, 5.74) is 1.44. The van der Waals surface area contributed by atoms with Gasteiger partial charge in [0.25, 0.3) is 0 Å². The Bertz CT molecular complexity index is 300. The highest BCUT2D eigenvalue weighted by molar-refractivity contribution is 6.13. The Hall–Kier alpha value is -0.995. The molecule has 2 fully saturated rings. The molecule has 16 heavy (non-hydrogen) atoms. The molecule has 0 unspecified atom stereocenters. The molecule has 1 aromatic carbocycles. The van der Waals surface area contributed by atoms with Crippen molar-refractivity contribution in [1.82, 2.24) is 0 Å². The van der Waals surface area contributed by atoms with Gasteiger partial charge < -0.3 is 14.9 Å². The Kier molecular flexibility index (Phi) is 3.85. The van der Waals surface area contributed by atoms with Gasteiger partial charge in [-0.1, -0.05) is 18.2 Å². The zero-order valence-electron chi connectivity index (χ0n) is 9.42. The van der Waals surface area contributed by atoms with Crippen LogP contribution in [0.4, 0.5) is 5.69 Å². The first-order chi connectivity index (χ1) is 7.86. The van der Waals surface area contributed by atoms with Gasteiger partial charge in [0.2, 0.25) is 0 Å². The van der Waals surface area contributed by atoms with Crippen LogP contribution < -0.4 is 4.90 Å². The Morgan fingerprint density at radius 2 is 1.38 bits per heavy atom. The van der Waals surface area contributed by atoms with Gasteiger partial charge >= 0.3 is 7.69 Å². The lowest BCUT2D eigenvalue weighted by atomic mass is 10.3. The van der Waals surface area contributed by atoms with Crippen molar-refractivity contribution in [3.8, 4) is 0 Å². The molecule has 0 aliphatic heterocycles. The van der Waals surface area contributed by atoms with Gasteiger partial charge in [-0.25, -0.2) is 0 Å². The molecule has 0 bridgehead atoms. The van der Waals surface area contributed by atoms with E-state index < -0.39 is 7.69 Å². The molecule has 0 radical (unpaired) electrons. The second-order valence-electron chi connectivity index (χ2n) is 4.35. The first-order valence-electron chi connectivity index (χ1n) is 5.92. The maximum Gasteiger partial charge on any atom is 0.432 e. The standard InChI is InChI=1S/C12H15N.BH3O2/c1-2-4-10(5-3-1)13(11-6-7-11)12-8-9-12;2-1-3/h1-5,11-12H,6-9H2;1-3H. The van der Waals surface area contributed by atoms with Gasteiger partial charge in [-0.05, 0) is 37.8 Å². The average molecular weight is 219 g/mol. The van der Waals surface area contributed by atoms with Crippen LogP contribution in [0.25, 0.3) is 0 Å². The quantitative estimate of drug-likeness (QED) is 0.747. The fourth-order valence-corrected chi connectivity index (χ4v) is 2.03. The van der Waals surface area contributed by atoms with Crippen molar-refractivity contribution < 1.29 is 10.0 Å². The van der Waals surface area contributed by atoms with Crippen LogP contribution >= 0.6 is 0 Å². The zero-order valence-corrected chi connectivity index (χ0v) is 9.42. The smallest absolute Gasteiger partial charge is 0.430 e. The fourth-order valence-electron chi connectivity index (χ4n) is 2.03. The average Bonchev–Trinajstić information content (AvgIpc) is 3.15. The maximum absolute atomic E-state index is 7.12. The van der Waals surface area contributed by atoms with E-state index in [1.165, 1.54) is 31.4 Å². The molecule has 86 valence electrons. The molecule has 0 atom stereocenters. The van der Waals surface area contributed by atoms with E-state index >= 15 is 0 Å². The van der Waals surface area contributed by atoms with Gasteiger partial charge in [0, 0.05) is 17.8 Å². The maximum atomic E-state index is 7.12. The van der Waals surface area contributed by atoms with E-state index in [1.807, 2.05) is 0 Å². The van der Waals surface area contributed by atoms with Crippen molar-refractivity contribution in [3.63, 3.8) is 0 Å². The predicted molar refractivity (Wildman–Crippen MR) is 66.6 cm³/mol. The number of anilines is 1. The van der Waals surface area contributed by atoms with Crippen LogP contribution in [0.1, 0.15) is 25.7 Å². The summed E-state index contributed by atoms with van der Waals surface area (Å²) in [6.45, 7) is 0. The van der Waals surface area contributed by atoms with Crippen LogP contribution in [0.5, 0.6) is 0 Å². The number of nitrogens with zero attached hydrogens (tertiary/aromatic N) is 1. The van der Waals surface area contributed by atoms with E-state index in [0.717, 1.165) is 12.1 Å². The Labute approximate surface area is 97.0 Å². The highest BCUT2D eigenvalue weighted by Crippen LogP contribution is 2.40. The first-order valence-corrected chi connectivity index (χ1v) is 5.92. The fraction of sp³-hybridized carbons (Fsp3) is 0.500. The van der Waals surface area contributed by atoms with Crippen LogP contribution in [0.15, 0.2) is 30.3 Å². The molecule has 0 spiro atoms. The highest BCUT2D eigenvalue weighted by atomic mass is 16.4. The summed E-state index contributed by atoms with van der Waals surface area (Å²) in [5.74, 6) is 0. The van der Waals surface area contributed by atoms with E-state index in [2.05, 4.69) is 35.2 Å². The van der Waals surface area contributed by atoms with E-state index in [9.17, 15) is 0 Å². The monoisotopic (exact) mass is 219 g/mol. The second-order valence-corrected chi connectivity index (χ2v) is 4.35. The third kappa shape index (κ3) is 3.00. The summed E-state index contributed by atoms with van der Waals surface area (Å²) >= 11 is 0. The van der Waals surface area contributed by atoms with Crippen molar-refractivity contribution in [3.05, 3.63) is 30.3 Å². The minimum atomic E-state index is -0.750. The zero-order chi connectivity index (χ0) is 11.4. The highest BCUT2D eigenvalue weighted by Gasteiger charge is 2.38. The second kappa shape index (κ2) is 5.37. The van der Waals surface area contributed by atoms with Crippen molar-refractivity contribution in [2.75, 3.05) is 4.90 Å². The number of benzene rings is 1. The van der Waals surface area contributed by atoms with E-state index in [0.29, 0.717) is 0 Å². The van der Waals surface area contributed by atoms with Crippen LogP contribution in [0, 0.1) is 0 Å². The summed E-state index contributed by atoms with van der Waals surface area (Å²) in [4.78, 5) is 2.64. The molecular weight excluding hydrogens is 201 g/mol. The number of para-hydroxylation sites is 1. The Morgan fingerprint density at radius 1 is 0.938 bits per heavy atom. The number of hydrogen-bond donors (Lipinski definition) is 2. The molecule has 0 aromatic heterocycles. The van der Waals surface area contributed by atoms with E-state index in [1.54, 1.807) is 0 Å². The third-order valence-electron chi connectivity index (χ3n) is 2.93. The van der Waals surface area contributed by atoms with E-state index in [-0.39, 0.29) is 0 Å². The number of hydrogen-bond acceptors (Lipinski definition) is 3. The van der Waals surface area contributed by atoms with Gasteiger partial charge in [-0.2, -0.15) is 0 Å². The van der Waals surface area contributed by atoms with Gasteiger partial charge in [0.1, 0.15) is 0 Å². The predicted octanol–water partition coefficient (Wildman–Crippen LogP) is 1.06. The Balaban J connectivity index is 0.000000292. The van der Waals surface area contributed by atoms with Crippen LogP contribution in [0.3, 0.4) is 0 Å². The molecule has 4 heteroatoms. The molecule has 2 N–H and O–H groups in total. The minimum absolute atomic E-state index is 0.750. The third-order valence-corrected chi connectivity index (χ3v) is 2.93. The van der Waals surface area contributed by atoms with Crippen LogP contribution in [0.2, 0.25) is 0 Å². The summed E-state index contributed by atoms with van der Waals surface area (Å²) in [6, 6.07) is 12.6. The molecule has 0 amide bonds. The SMILES string of the molecule is OBO.c1ccc(N(C2CC2)C2CC2)cc1. The topological polar surface area (TPSA) is 43.7 Å². The van der Waals surface area contributed by atoms with Gasteiger partial charge in [-0.3, -0.25) is 0 Å². The summed E-state index contributed by atoms with van der Waals surface area (Å²) in [6.07, 6.45) is 5.63. The summed E-state index contributed by atoms with van der Waals surface area (Å²) < 4.78 is 0. The lowest BCUT2D eigenvalue weighted by molar-refractivity contribution is 0.448. The van der Waals surface area contributed by atoms with Gasteiger partial charge in [-0.15, -0.1) is 0 Å². The largest absolute Gasteiger partial charge is 0.432 e. The molecule has 2 saturated carbocycles. The summed E-state index contributed by atoms with van der Waals surface area (Å²) in [5, 5.41) is 14.2. The van der Waals surface area contributed by atoms with E-state index in [4.69, 9.17) is 10.0 Å². The molecular formula is C12H18BNO2. The molecule has 0 heterocycles. The van der Waals surface area contributed by atoms with Crippen molar-refractivity contribution in [2.24, 2.45) is 0 Å². The Morgan fingerprint density at radius 3 is 1.75 bits per heavy atom. The van der Waals surface area contributed by atoms with Gasteiger partial charge in [0.15, 0.2) is 0 Å². The van der Waals surface area contributed by atoms with Crippen molar-refractivity contribution in [1.29, 1.82) is 0 Å². The van der Waals surface area contributed by atoms with Crippen molar-refractivity contribution in [2.45, 2.75) is 37.8 Å². The molecule has 0 saturated heterocycles. The lowest BCUT2D eigenvalue weighted by Crippen LogP contribution is -2.27. The van der Waals surface area contributed by atoms with Crippen molar-refractivity contribution >= 4 is 13.4 Å². The normalized spacial score (nSPS) is 18.4. The number of rotatable bonds is 3. The van der Waals surface area contributed by atoms with Crippen LogP contribution in [-0.4, -0.2) is 29.8 Å². The minimum Gasteiger partial charge on any atom is -0.430 e. The van der Waals surface area contributed by atoms with Gasteiger partial charge in [0.05, 0.1) is 0 Å². The molecule has 2 aliphatic rings. The lowest BCUT2D eigenvalue weighted by Gasteiger charge is -2.24. The molecule has 3 nitrogen and oxygen atoms in total. The molecule has 3 rings (SSSR count). The summed E-state index contributed by atoms with van der Waals surface area (Å²) in [7, 11) is -0.750. The molecule has 1 aromatic rings.